The predicted octanol–water partition coefficient (Wildman–Crippen LogP) is 2.20. The monoisotopic (exact) mass is 289 g/mol. The molecule has 1 aromatic carbocycles. The van der Waals surface area contributed by atoms with Crippen LogP contribution in [-0.4, -0.2) is 40.6 Å². The fourth-order valence-electron chi connectivity index (χ4n) is 2.86. The number of amides is 1. The number of nitrogens with two attached hydrogens (primary N) is 1. The maximum absolute atomic E-state index is 11.9. The van der Waals surface area contributed by atoms with Crippen molar-refractivity contribution < 1.29 is 9.53 Å². The SMILES string of the molecule is CC(C)(C)OC(=O)N1CC(N2Cc3ccc(N)cc3C2)C1. The van der Waals surface area contributed by atoms with Gasteiger partial charge in [0.05, 0.1) is 0 Å². The summed E-state index contributed by atoms with van der Waals surface area (Å²) in [5, 5.41) is 0. The number of benzene rings is 1. The predicted molar refractivity (Wildman–Crippen MR) is 81.7 cm³/mol. The minimum Gasteiger partial charge on any atom is -0.444 e. The van der Waals surface area contributed by atoms with Gasteiger partial charge in [-0.1, -0.05) is 6.07 Å². The molecule has 2 aliphatic heterocycles. The molecule has 0 bridgehead atoms. The zero-order chi connectivity index (χ0) is 15.2. The molecule has 5 heteroatoms. The fraction of sp³-hybridized carbons (Fsp3) is 0.562. The van der Waals surface area contributed by atoms with Gasteiger partial charge in [0.1, 0.15) is 5.60 Å². The molecular weight excluding hydrogens is 266 g/mol. The number of nitrogen functional groups attached to an aromatic ring is 1. The van der Waals surface area contributed by atoms with Crippen molar-refractivity contribution in [2.75, 3.05) is 18.8 Å². The second-order valence-corrected chi connectivity index (χ2v) is 6.97. The van der Waals surface area contributed by atoms with Crippen LogP contribution < -0.4 is 5.73 Å². The van der Waals surface area contributed by atoms with Gasteiger partial charge >= 0.3 is 6.09 Å². The van der Waals surface area contributed by atoms with Crippen LogP contribution in [0.5, 0.6) is 0 Å². The van der Waals surface area contributed by atoms with Crippen molar-refractivity contribution >= 4 is 11.8 Å². The first-order valence-corrected chi connectivity index (χ1v) is 7.41. The molecule has 2 aliphatic rings. The van der Waals surface area contributed by atoms with Crippen molar-refractivity contribution in [2.45, 2.75) is 45.5 Å². The van der Waals surface area contributed by atoms with E-state index in [-0.39, 0.29) is 6.09 Å². The van der Waals surface area contributed by atoms with Crippen LogP contribution in [0, 0.1) is 0 Å². The van der Waals surface area contributed by atoms with Crippen LogP contribution in [-0.2, 0) is 17.8 Å². The number of ether oxygens (including phenoxy) is 1. The number of hydrogen-bond donors (Lipinski definition) is 1. The van der Waals surface area contributed by atoms with Crippen molar-refractivity contribution in [3.05, 3.63) is 29.3 Å². The molecule has 1 aromatic rings. The highest BCUT2D eigenvalue weighted by Crippen LogP contribution is 2.29. The van der Waals surface area contributed by atoms with Gasteiger partial charge in [0.2, 0.25) is 0 Å². The van der Waals surface area contributed by atoms with Crippen LogP contribution >= 0.6 is 0 Å². The Labute approximate surface area is 125 Å². The second kappa shape index (κ2) is 4.91. The lowest BCUT2D eigenvalue weighted by Crippen LogP contribution is -2.60. The highest BCUT2D eigenvalue weighted by atomic mass is 16.6. The highest BCUT2D eigenvalue weighted by molar-refractivity contribution is 5.69. The van der Waals surface area contributed by atoms with E-state index in [0.29, 0.717) is 6.04 Å². The first kappa shape index (κ1) is 14.2. The van der Waals surface area contributed by atoms with Crippen molar-refractivity contribution in [3.63, 3.8) is 0 Å². The summed E-state index contributed by atoms with van der Waals surface area (Å²) in [7, 11) is 0. The minimum absolute atomic E-state index is 0.209. The number of anilines is 1. The lowest BCUT2D eigenvalue weighted by molar-refractivity contribution is -0.0163. The third-order valence-corrected chi connectivity index (χ3v) is 4.01. The van der Waals surface area contributed by atoms with Crippen LogP contribution in [0.25, 0.3) is 0 Å². The zero-order valence-electron chi connectivity index (χ0n) is 12.9. The summed E-state index contributed by atoms with van der Waals surface area (Å²) in [4.78, 5) is 16.1. The van der Waals surface area contributed by atoms with E-state index < -0.39 is 5.60 Å². The van der Waals surface area contributed by atoms with Crippen molar-refractivity contribution in [1.82, 2.24) is 9.80 Å². The van der Waals surface area contributed by atoms with Gasteiger partial charge in [-0.15, -0.1) is 0 Å². The molecular formula is C16H23N3O2. The molecule has 1 saturated heterocycles. The van der Waals surface area contributed by atoms with Crippen molar-refractivity contribution in [2.24, 2.45) is 0 Å². The number of rotatable bonds is 1. The topological polar surface area (TPSA) is 58.8 Å². The van der Waals surface area contributed by atoms with E-state index >= 15 is 0 Å². The van der Waals surface area contributed by atoms with Gasteiger partial charge in [0.15, 0.2) is 0 Å². The number of carbonyl (C=O) groups is 1. The summed E-state index contributed by atoms with van der Waals surface area (Å²) in [6, 6.07) is 6.54. The number of carbonyl (C=O) groups excluding carboxylic acids is 1. The molecule has 0 spiro atoms. The first-order chi connectivity index (χ1) is 9.82. The molecule has 0 saturated carbocycles. The summed E-state index contributed by atoms with van der Waals surface area (Å²) < 4.78 is 5.38. The molecule has 21 heavy (non-hydrogen) atoms. The van der Waals surface area contributed by atoms with E-state index in [1.807, 2.05) is 26.8 Å². The van der Waals surface area contributed by atoms with Crippen molar-refractivity contribution in [1.29, 1.82) is 0 Å². The lowest BCUT2D eigenvalue weighted by Gasteiger charge is -2.44. The largest absolute Gasteiger partial charge is 0.444 e. The van der Waals surface area contributed by atoms with Crippen LogP contribution in [0.4, 0.5) is 10.5 Å². The first-order valence-electron chi connectivity index (χ1n) is 7.41. The van der Waals surface area contributed by atoms with Gasteiger partial charge in [-0.05, 0) is 44.0 Å². The van der Waals surface area contributed by atoms with Crippen LogP contribution in [0.3, 0.4) is 0 Å². The Morgan fingerprint density at radius 2 is 1.90 bits per heavy atom. The summed E-state index contributed by atoms with van der Waals surface area (Å²) >= 11 is 0. The van der Waals surface area contributed by atoms with Gasteiger partial charge in [-0.25, -0.2) is 4.79 Å². The Kier molecular flexibility index (Phi) is 3.32. The van der Waals surface area contributed by atoms with E-state index in [2.05, 4.69) is 17.0 Å². The second-order valence-electron chi connectivity index (χ2n) is 6.97. The molecule has 0 unspecified atom stereocenters. The molecule has 5 nitrogen and oxygen atoms in total. The highest BCUT2D eigenvalue weighted by Gasteiger charge is 2.38. The third-order valence-electron chi connectivity index (χ3n) is 4.01. The van der Waals surface area contributed by atoms with Crippen molar-refractivity contribution in [3.8, 4) is 0 Å². The Morgan fingerprint density at radius 3 is 2.57 bits per heavy atom. The number of fused-ring (bicyclic) bond motifs is 1. The summed E-state index contributed by atoms with van der Waals surface area (Å²) in [6.07, 6.45) is -0.209. The van der Waals surface area contributed by atoms with E-state index in [1.165, 1.54) is 11.1 Å². The number of hydrogen-bond acceptors (Lipinski definition) is 4. The molecule has 2 heterocycles. The number of nitrogens with zero attached hydrogens (tertiary/aromatic N) is 2. The molecule has 1 amide bonds. The maximum atomic E-state index is 11.9. The quantitative estimate of drug-likeness (QED) is 0.805. The molecule has 0 radical (unpaired) electrons. The summed E-state index contributed by atoms with van der Waals surface area (Å²) in [5.41, 5.74) is 8.88. The molecule has 114 valence electrons. The standard InChI is InChI=1S/C16H23N3O2/c1-16(2,3)21-15(20)19-9-14(10-19)18-7-11-4-5-13(17)6-12(11)8-18/h4-6,14H,7-10,17H2,1-3H3. The summed E-state index contributed by atoms with van der Waals surface area (Å²) in [6.45, 7) is 9.05. The van der Waals surface area contributed by atoms with Gasteiger partial charge in [-0.2, -0.15) is 0 Å². The van der Waals surface area contributed by atoms with Gasteiger partial charge in [-0.3, -0.25) is 4.90 Å². The zero-order valence-corrected chi connectivity index (χ0v) is 12.9. The molecule has 3 rings (SSSR count). The normalized spacial score (nSPS) is 19.3. The van der Waals surface area contributed by atoms with E-state index in [0.717, 1.165) is 31.9 Å². The maximum Gasteiger partial charge on any atom is 0.410 e. The van der Waals surface area contributed by atoms with E-state index in [4.69, 9.17) is 10.5 Å². The average molecular weight is 289 g/mol. The van der Waals surface area contributed by atoms with E-state index in [1.54, 1.807) is 4.90 Å². The molecule has 1 fully saturated rings. The van der Waals surface area contributed by atoms with Gasteiger partial charge in [0.25, 0.3) is 0 Å². The smallest absolute Gasteiger partial charge is 0.410 e. The summed E-state index contributed by atoms with van der Waals surface area (Å²) in [5.74, 6) is 0. The van der Waals surface area contributed by atoms with Gasteiger partial charge in [0, 0.05) is 37.9 Å². The van der Waals surface area contributed by atoms with Crippen LogP contribution in [0.2, 0.25) is 0 Å². The Balaban J connectivity index is 1.53. The average Bonchev–Trinajstić information content (AvgIpc) is 2.66. The lowest BCUT2D eigenvalue weighted by atomic mass is 10.1. The van der Waals surface area contributed by atoms with Gasteiger partial charge < -0.3 is 15.4 Å². The molecule has 0 atom stereocenters. The van der Waals surface area contributed by atoms with Crippen LogP contribution in [0.1, 0.15) is 31.9 Å². The van der Waals surface area contributed by atoms with Crippen LogP contribution in [0.15, 0.2) is 18.2 Å². The van der Waals surface area contributed by atoms with E-state index in [9.17, 15) is 4.79 Å². The Bertz CT molecular complexity index is 559. The molecule has 2 N–H and O–H groups in total. The minimum atomic E-state index is -0.427. The fourth-order valence-corrected chi connectivity index (χ4v) is 2.86. The molecule has 0 aromatic heterocycles. The molecule has 0 aliphatic carbocycles. The number of likely N-dealkylation sites (tertiary alicyclic amines) is 1. The Hall–Kier alpha value is -1.75. The Morgan fingerprint density at radius 1 is 1.24 bits per heavy atom. The third kappa shape index (κ3) is 2.97.